The van der Waals surface area contributed by atoms with Crippen molar-refractivity contribution in [2.75, 3.05) is 13.1 Å². The molecule has 1 N–H and O–H groups in total. The highest BCUT2D eigenvalue weighted by molar-refractivity contribution is 5.91. The third-order valence-electron chi connectivity index (χ3n) is 7.29. The molecule has 6 heteroatoms. The molecule has 0 bridgehead atoms. The zero-order valence-corrected chi connectivity index (χ0v) is 21.1. The number of amides is 2. The largest absolute Gasteiger partial charge is 0.486 e. The van der Waals surface area contributed by atoms with E-state index in [-0.39, 0.29) is 36.1 Å². The molecule has 0 radical (unpaired) electrons. The Balaban J connectivity index is 1.41. The van der Waals surface area contributed by atoms with E-state index in [2.05, 4.69) is 53.5 Å². The van der Waals surface area contributed by atoms with E-state index in [1.165, 1.54) is 11.1 Å². The summed E-state index contributed by atoms with van der Waals surface area (Å²) in [6.45, 7) is 5.46. The van der Waals surface area contributed by atoms with E-state index in [0.29, 0.717) is 12.3 Å². The Hall–Kier alpha value is -3.54. The molecule has 2 aromatic carbocycles. The fourth-order valence-corrected chi connectivity index (χ4v) is 5.51. The second-order valence-electron chi connectivity index (χ2n) is 9.85. The van der Waals surface area contributed by atoms with Crippen LogP contribution in [0.3, 0.4) is 0 Å². The Morgan fingerprint density at radius 1 is 1.08 bits per heavy atom. The Kier molecular flexibility index (Phi) is 7.12. The molecule has 1 aromatic heterocycles. The molecule has 0 saturated heterocycles. The topological polar surface area (TPSA) is 71.8 Å². The van der Waals surface area contributed by atoms with Crippen molar-refractivity contribution in [3.8, 4) is 5.75 Å². The maximum Gasteiger partial charge on any atom is 0.286 e. The minimum atomic E-state index is -0.231. The average molecular weight is 487 g/mol. The molecule has 6 nitrogen and oxygen atoms in total. The van der Waals surface area contributed by atoms with Crippen molar-refractivity contribution in [1.82, 2.24) is 10.2 Å². The highest BCUT2D eigenvalue weighted by Crippen LogP contribution is 2.40. The van der Waals surface area contributed by atoms with Gasteiger partial charge >= 0.3 is 0 Å². The summed E-state index contributed by atoms with van der Waals surface area (Å²) in [5.74, 6) is 1.77. The van der Waals surface area contributed by atoms with E-state index < -0.39 is 0 Å². The lowest BCUT2D eigenvalue weighted by atomic mass is 9.86. The molecule has 2 amide bonds. The SMILES string of the molecule is CCNC(=O)c1ccc(COc2ccc3c(c2)[C@@H](c2cccc(C)c2)N(C(=O)C2CCCC2)CC3)o1. The number of aryl methyl sites for hydroxylation is 1. The molecule has 3 aromatic rings. The van der Waals surface area contributed by atoms with Crippen LogP contribution in [0.5, 0.6) is 5.75 Å². The number of carbonyl (C=O) groups is 2. The molecule has 1 fully saturated rings. The van der Waals surface area contributed by atoms with Crippen LogP contribution in [-0.2, 0) is 17.8 Å². The van der Waals surface area contributed by atoms with Crippen molar-refractivity contribution in [1.29, 1.82) is 0 Å². The van der Waals surface area contributed by atoms with Crippen LogP contribution in [0.4, 0.5) is 0 Å². The first kappa shape index (κ1) is 24.2. The zero-order chi connectivity index (χ0) is 25.1. The monoisotopic (exact) mass is 486 g/mol. The van der Waals surface area contributed by atoms with Crippen molar-refractivity contribution in [3.05, 3.63) is 88.4 Å². The van der Waals surface area contributed by atoms with Crippen molar-refractivity contribution in [2.45, 2.75) is 58.6 Å². The number of carbonyl (C=O) groups excluding carboxylic acids is 2. The van der Waals surface area contributed by atoms with Crippen molar-refractivity contribution in [2.24, 2.45) is 5.92 Å². The second kappa shape index (κ2) is 10.6. The third-order valence-corrected chi connectivity index (χ3v) is 7.29. The number of furan rings is 1. The summed E-state index contributed by atoms with van der Waals surface area (Å²) in [4.78, 5) is 27.7. The van der Waals surface area contributed by atoms with Gasteiger partial charge in [0, 0.05) is 19.0 Å². The molecule has 1 aliphatic carbocycles. The number of nitrogens with zero attached hydrogens (tertiary/aromatic N) is 1. The van der Waals surface area contributed by atoms with Gasteiger partial charge in [-0.05, 0) is 74.1 Å². The normalized spacial score (nSPS) is 17.6. The Bertz CT molecular complexity index is 1240. The van der Waals surface area contributed by atoms with E-state index in [4.69, 9.17) is 9.15 Å². The summed E-state index contributed by atoms with van der Waals surface area (Å²) in [6, 6.07) is 17.9. The lowest BCUT2D eigenvalue weighted by Crippen LogP contribution is -2.43. The molecule has 2 heterocycles. The number of hydrogen-bond donors (Lipinski definition) is 1. The van der Waals surface area contributed by atoms with Crippen LogP contribution in [0.25, 0.3) is 0 Å². The fourth-order valence-electron chi connectivity index (χ4n) is 5.51. The number of rotatable bonds is 7. The van der Waals surface area contributed by atoms with Gasteiger partial charge in [-0.3, -0.25) is 9.59 Å². The molecule has 0 spiro atoms. The van der Waals surface area contributed by atoms with Gasteiger partial charge < -0.3 is 19.4 Å². The van der Waals surface area contributed by atoms with Crippen LogP contribution in [0, 0.1) is 12.8 Å². The van der Waals surface area contributed by atoms with Gasteiger partial charge in [-0.15, -0.1) is 0 Å². The highest BCUT2D eigenvalue weighted by Gasteiger charge is 2.36. The van der Waals surface area contributed by atoms with Gasteiger partial charge in [-0.1, -0.05) is 48.7 Å². The Morgan fingerprint density at radius 3 is 2.69 bits per heavy atom. The van der Waals surface area contributed by atoms with E-state index in [9.17, 15) is 9.59 Å². The molecule has 1 aliphatic heterocycles. The molecular formula is C30H34N2O4. The van der Waals surface area contributed by atoms with E-state index in [1.807, 2.05) is 13.0 Å². The minimum Gasteiger partial charge on any atom is -0.486 e. The summed E-state index contributed by atoms with van der Waals surface area (Å²) in [5, 5.41) is 2.74. The van der Waals surface area contributed by atoms with E-state index >= 15 is 0 Å². The van der Waals surface area contributed by atoms with Crippen LogP contribution < -0.4 is 10.1 Å². The van der Waals surface area contributed by atoms with Gasteiger partial charge in [-0.25, -0.2) is 0 Å². The van der Waals surface area contributed by atoms with Crippen LogP contribution >= 0.6 is 0 Å². The fraction of sp³-hybridized carbons (Fsp3) is 0.400. The maximum absolute atomic E-state index is 13.6. The standard InChI is InChI=1S/C30H34N2O4/c1-3-31-29(33)27-14-13-25(36-27)19-35-24-12-11-21-15-16-32(30(34)22-8-4-5-9-22)28(26(21)18-24)23-10-6-7-20(2)17-23/h6-7,10-14,17-18,22,28H,3-5,8-9,15-16,19H2,1-2H3,(H,31,33)/t28-/m1/s1. The number of benzene rings is 2. The van der Waals surface area contributed by atoms with Crippen LogP contribution in [0.15, 0.2) is 59.0 Å². The van der Waals surface area contributed by atoms with Crippen molar-refractivity contribution in [3.63, 3.8) is 0 Å². The Morgan fingerprint density at radius 2 is 1.92 bits per heavy atom. The van der Waals surface area contributed by atoms with E-state index in [1.54, 1.807) is 12.1 Å². The molecule has 1 atom stereocenters. The van der Waals surface area contributed by atoms with E-state index in [0.717, 1.165) is 55.5 Å². The van der Waals surface area contributed by atoms with Gasteiger partial charge in [-0.2, -0.15) is 0 Å². The van der Waals surface area contributed by atoms with Gasteiger partial charge in [0.25, 0.3) is 5.91 Å². The highest BCUT2D eigenvalue weighted by atomic mass is 16.5. The lowest BCUT2D eigenvalue weighted by molar-refractivity contribution is -0.137. The molecule has 188 valence electrons. The van der Waals surface area contributed by atoms with Crippen LogP contribution in [0.1, 0.15) is 77.2 Å². The first-order valence-electron chi connectivity index (χ1n) is 13.0. The van der Waals surface area contributed by atoms with Crippen LogP contribution in [0.2, 0.25) is 0 Å². The smallest absolute Gasteiger partial charge is 0.286 e. The molecule has 0 unspecified atom stereocenters. The number of nitrogens with one attached hydrogen (secondary N) is 1. The molecular weight excluding hydrogens is 452 g/mol. The lowest BCUT2D eigenvalue weighted by Gasteiger charge is -2.39. The first-order chi connectivity index (χ1) is 17.5. The number of ether oxygens (including phenoxy) is 1. The minimum absolute atomic E-state index is 0.127. The Labute approximate surface area is 212 Å². The van der Waals surface area contributed by atoms with Gasteiger partial charge in [0.15, 0.2) is 5.76 Å². The zero-order valence-electron chi connectivity index (χ0n) is 21.1. The summed E-state index contributed by atoms with van der Waals surface area (Å²) in [5.41, 5.74) is 4.69. The second-order valence-corrected chi connectivity index (χ2v) is 9.85. The summed E-state index contributed by atoms with van der Waals surface area (Å²) >= 11 is 0. The maximum atomic E-state index is 13.6. The molecule has 5 rings (SSSR count). The summed E-state index contributed by atoms with van der Waals surface area (Å²) < 4.78 is 11.7. The average Bonchev–Trinajstić information content (AvgIpc) is 3.59. The molecule has 2 aliphatic rings. The quantitative estimate of drug-likeness (QED) is 0.473. The number of hydrogen-bond acceptors (Lipinski definition) is 4. The van der Waals surface area contributed by atoms with Gasteiger partial charge in [0.05, 0.1) is 6.04 Å². The molecule has 36 heavy (non-hydrogen) atoms. The molecule has 1 saturated carbocycles. The van der Waals surface area contributed by atoms with Crippen molar-refractivity contribution >= 4 is 11.8 Å². The predicted molar refractivity (Wildman–Crippen MR) is 138 cm³/mol. The van der Waals surface area contributed by atoms with Gasteiger partial charge in [0.2, 0.25) is 5.91 Å². The first-order valence-corrected chi connectivity index (χ1v) is 13.0. The predicted octanol–water partition coefficient (Wildman–Crippen LogP) is 5.58. The third kappa shape index (κ3) is 5.03. The van der Waals surface area contributed by atoms with Gasteiger partial charge in [0.1, 0.15) is 18.1 Å². The van der Waals surface area contributed by atoms with Crippen LogP contribution in [-0.4, -0.2) is 29.8 Å². The number of fused-ring (bicyclic) bond motifs is 1. The van der Waals surface area contributed by atoms with Crippen molar-refractivity contribution < 1.29 is 18.7 Å². The summed E-state index contributed by atoms with van der Waals surface area (Å²) in [7, 11) is 0. The summed E-state index contributed by atoms with van der Waals surface area (Å²) in [6.07, 6.45) is 5.11.